The van der Waals surface area contributed by atoms with E-state index < -0.39 is 16.8 Å². The summed E-state index contributed by atoms with van der Waals surface area (Å²) in [6, 6.07) is 7.28. The van der Waals surface area contributed by atoms with Crippen molar-refractivity contribution in [2.45, 2.75) is 96.9 Å². The Balaban J connectivity index is 1.74. The highest BCUT2D eigenvalue weighted by molar-refractivity contribution is 7.85. The summed E-state index contributed by atoms with van der Waals surface area (Å²) >= 11 is 0. The zero-order valence-corrected chi connectivity index (χ0v) is 26.7. The maximum absolute atomic E-state index is 13.8. The lowest BCUT2D eigenvalue weighted by Gasteiger charge is -2.42. The highest BCUT2D eigenvalue weighted by Gasteiger charge is 2.34. The summed E-state index contributed by atoms with van der Waals surface area (Å²) in [4.78, 5) is 39.8. The number of allylic oxidation sites excluding steroid dienone is 2. The molecule has 8 nitrogen and oxygen atoms in total. The highest BCUT2D eigenvalue weighted by atomic mass is 32.2. The van der Waals surface area contributed by atoms with Gasteiger partial charge in [0.1, 0.15) is 0 Å². The number of carboxylic acids is 1. The van der Waals surface area contributed by atoms with Crippen LogP contribution in [0.15, 0.2) is 52.5 Å². The number of carbonyl (C=O) groups is 3. The van der Waals surface area contributed by atoms with E-state index in [9.17, 15) is 18.6 Å². The lowest BCUT2D eigenvalue weighted by Crippen LogP contribution is -2.47. The molecule has 0 saturated heterocycles. The molecule has 1 aromatic rings. The Hall–Kier alpha value is -2.94. The van der Waals surface area contributed by atoms with Gasteiger partial charge in [0.25, 0.3) is 0 Å². The first-order valence-corrected chi connectivity index (χ1v) is 16.7. The molecule has 3 amide bonds. The van der Waals surface area contributed by atoms with Crippen LogP contribution in [0.4, 0.5) is 10.5 Å². The first-order valence-electron chi connectivity index (χ1n) is 15.3. The Kier molecular flexibility index (Phi) is 12.4. The van der Waals surface area contributed by atoms with E-state index in [0.29, 0.717) is 35.9 Å². The van der Waals surface area contributed by atoms with Crippen LogP contribution in [0.3, 0.4) is 0 Å². The number of hydrogen-bond donors (Lipinski definition) is 3. The Morgan fingerprint density at radius 1 is 1.05 bits per heavy atom. The van der Waals surface area contributed by atoms with E-state index in [0.717, 1.165) is 49.0 Å². The van der Waals surface area contributed by atoms with Gasteiger partial charge in [0.05, 0.1) is 17.2 Å². The van der Waals surface area contributed by atoms with E-state index in [1.54, 1.807) is 6.08 Å². The molecule has 0 aliphatic heterocycles. The molecule has 3 N–H and O–H groups in total. The normalized spacial score (nSPS) is 21.5. The number of amides is 3. The maximum atomic E-state index is 13.8. The number of nitrogens with zero attached hydrogens (tertiary/aromatic N) is 1. The minimum atomic E-state index is -1.04. The fourth-order valence-corrected chi connectivity index (χ4v) is 7.00. The molecule has 1 aromatic carbocycles. The van der Waals surface area contributed by atoms with Gasteiger partial charge in [-0.05, 0) is 85.6 Å². The summed E-state index contributed by atoms with van der Waals surface area (Å²) in [6.07, 6.45) is 10.1. The smallest absolute Gasteiger partial charge is 0.322 e. The van der Waals surface area contributed by atoms with Crippen molar-refractivity contribution in [1.29, 1.82) is 0 Å². The predicted octanol–water partition coefficient (Wildman–Crippen LogP) is 6.52. The topological polar surface area (TPSA) is 116 Å². The first kappa shape index (κ1) is 33.6. The molecule has 2 atom stereocenters. The second kappa shape index (κ2) is 15.5. The number of carboxylic acid groups (broad SMARTS) is 1. The molecule has 232 valence electrons. The molecular formula is C33H49N3O5S. The van der Waals surface area contributed by atoms with Gasteiger partial charge in [0, 0.05) is 41.0 Å². The zero-order chi connectivity index (χ0) is 30.9. The number of urea groups is 1. The van der Waals surface area contributed by atoms with E-state index >= 15 is 0 Å². The van der Waals surface area contributed by atoms with Crippen molar-refractivity contribution in [3.8, 4) is 0 Å². The summed E-state index contributed by atoms with van der Waals surface area (Å²) in [5.74, 6) is 0.135. The van der Waals surface area contributed by atoms with Gasteiger partial charge in [-0.3, -0.25) is 13.8 Å². The second-order valence-electron chi connectivity index (χ2n) is 12.8. The van der Waals surface area contributed by atoms with Crippen molar-refractivity contribution in [3.05, 3.63) is 47.6 Å². The lowest BCUT2D eigenvalue weighted by atomic mass is 9.71. The van der Waals surface area contributed by atoms with Crippen molar-refractivity contribution < 1.29 is 23.7 Å². The molecule has 2 unspecified atom stereocenters. The maximum Gasteiger partial charge on any atom is 0.322 e. The number of nitrogens with one attached hydrogen (secondary N) is 2. The quantitative estimate of drug-likeness (QED) is 0.253. The number of carbonyl (C=O) groups excluding carboxylic acids is 2. The van der Waals surface area contributed by atoms with E-state index in [1.165, 1.54) is 0 Å². The summed E-state index contributed by atoms with van der Waals surface area (Å²) in [6.45, 7) is 11.6. The average Bonchev–Trinajstić information content (AvgIpc) is 2.95. The fraction of sp³-hybridized carbons (Fsp3) is 0.606. The molecule has 0 spiro atoms. The van der Waals surface area contributed by atoms with E-state index in [1.807, 2.05) is 35.2 Å². The van der Waals surface area contributed by atoms with E-state index in [-0.39, 0.29) is 42.3 Å². The Labute approximate surface area is 253 Å². The average molecular weight is 600 g/mol. The molecule has 9 heteroatoms. The van der Waals surface area contributed by atoms with Gasteiger partial charge >= 0.3 is 12.0 Å². The van der Waals surface area contributed by atoms with Crippen LogP contribution in [0, 0.1) is 17.3 Å². The molecule has 0 heterocycles. The van der Waals surface area contributed by atoms with Crippen LogP contribution < -0.4 is 10.6 Å². The van der Waals surface area contributed by atoms with Crippen molar-refractivity contribution in [3.63, 3.8) is 0 Å². The monoisotopic (exact) mass is 599 g/mol. The van der Waals surface area contributed by atoms with Gasteiger partial charge in [-0.25, -0.2) is 4.79 Å². The van der Waals surface area contributed by atoms with Gasteiger partial charge in [-0.2, -0.15) is 0 Å². The Bertz CT molecular complexity index is 1180. The van der Waals surface area contributed by atoms with Crippen molar-refractivity contribution >= 4 is 34.4 Å². The summed E-state index contributed by atoms with van der Waals surface area (Å²) in [5.41, 5.74) is 2.63. The number of unbranched alkanes of at least 4 members (excludes halogenated alkanes) is 1. The first-order chi connectivity index (χ1) is 19.9. The van der Waals surface area contributed by atoms with Crippen molar-refractivity contribution in [1.82, 2.24) is 10.2 Å². The number of anilines is 1. The molecule has 2 aliphatic carbocycles. The SMILES string of the molecule is CCCCS(=O)c1ccc(NC(=O)N(CC2=CC=C(C(=O)NCCC(=O)O)CC2C)C2CCC(C(C)(C)C)CC2)cc1. The molecule has 0 aromatic heterocycles. The van der Waals surface area contributed by atoms with Crippen LogP contribution in [0.2, 0.25) is 0 Å². The van der Waals surface area contributed by atoms with E-state index in [2.05, 4.69) is 45.3 Å². The summed E-state index contributed by atoms with van der Waals surface area (Å²) in [7, 11) is -1.04. The van der Waals surface area contributed by atoms with Crippen molar-refractivity contribution in [2.75, 3.05) is 24.2 Å². The summed E-state index contributed by atoms with van der Waals surface area (Å²) < 4.78 is 12.5. The van der Waals surface area contributed by atoms with E-state index in [4.69, 9.17) is 5.11 Å². The standard InChI is InChI=1S/C33H49N3O5S/c1-6-7-20-42(41)29-16-12-27(13-17-29)35-32(40)36(28-14-10-26(11-15-28)33(3,4)5)22-25-9-8-24(21-23(25)2)31(39)34-19-18-30(37)38/h8-9,12-13,16-17,23,26,28H,6-7,10-11,14-15,18-22H2,1-5H3,(H,34,39)(H,35,40)(H,37,38). The Morgan fingerprint density at radius 3 is 2.29 bits per heavy atom. The predicted molar refractivity (Wildman–Crippen MR) is 169 cm³/mol. The minimum Gasteiger partial charge on any atom is -0.481 e. The lowest BCUT2D eigenvalue weighted by molar-refractivity contribution is -0.136. The van der Waals surface area contributed by atoms with Gasteiger partial charge in [0.2, 0.25) is 5.91 Å². The highest BCUT2D eigenvalue weighted by Crippen LogP contribution is 2.39. The van der Waals surface area contributed by atoms with Crippen LogP contribution in [-0.4, -0.2) is 57.0 Å². The molecule has 0 radical (unpaired) electrons. The number of rotatable bonds is 12. The van der Waals surface area contributed by atoms with Gasteiger partial charge in [-0.15, -0.1) is 0 Å². The van der Waals surface area contributed by atoms with Gasteiger partial charge in [-0.1, -0.05) is 53.2 Å². The van der Waals surface area contributed by atoms with Crippen LogP contribution in [0.25, 0.3) is 0 Å². The van der Waals surface area contributed by atoms with Crippen molar-refractivity contribution in [2.24, 2.45) is 17.3 Å². The van der Waals surface area contributed by atoms with Crippen LogP contribution in [-0.2, 0) is 20.4 Å². The molecule has 42 heavy (non-hydrogen) atoms. The van der Waals surface area contributed by atoms with Crippen LogP contribution in [0.1, 0.15) is 86.0 Å². The largest absolute Gasteiger partial charge is 0.481 e. The number of benzene rings is 1. The molecule has 1 fully saturated rings. The third kappa shape index (κ3) is 9.82. The third-order valence-electron chi connectivity index (χ3n) is 8.60. The molecule has 2 aliphatic rings. The third-order valence-corrected chi connectivity index (χ3v) is 10.1. The number of aliphatic carboxylic acids is 1. The van der Waals surface area contributed by atoms with Crippen LogP contribution in [0.5, 0.6) is 0 Å². The Morgan fingerprint density at radius 2 is 1.71 bits per heavy atom. The number of hydrogen-bond acceptors (Lipinski definition) is 4. The van der Waals surface area contributed by atoms with Gasteiger partial charge < -0.3 is 20.6 Å². The van der Waals surface area contributed by atoms with Gasteiger partial charge in [0.15, 0.2) is 0 Å². The van der Waals surface area contributed by atoms with Crippen LogP contribution >= 0.6 is 0 Å². The fourth-order valence-electron chi connectivity index (χ4n) is 5.77. The summed E-state index contributed by atoms with van der Waals surface area (Å²) in [5, 5.41) is 14.6. The zero-order valence-electron chi connectivity index (χ0n) is 25.9. The second-order valence-corrected chi connectivity index (χ2v) is 14.4. The minimum absolute atomic E-state index is 0.0637. The molecule has 3 rings (SSSR count). The molecule has 1 saturated carbocycles. The molecule has 0 bridgehead atoms. The molecular weight excluding hydrogens is 550 g/mol.